The van der Waals surface area contributed by atoms with Gasteiger partial charge in [-0.1, -0.05) is 0 Å². The standard InChI is InChI=1S/C12H16F3NO2/c1-9(8-12(13,14)15)16-10-2-4-11(5-3-10)18-7-6-17/h2-5,9,16-17H,6-8H2,1H3. The Balaban J connectivity index is 2.48. The second-order valence-electron chi connectivity index (χ2n) is 3.96. The predicted molar refractivity (Wildman–Crippen MR) is 62.8 cm³/mol. The monoisotopic (exact) mass is 263 g/mol. The van der Waals surface area contributed by atoms with Gasteiger partial charge in [0.15, 0.2) is 0 Å². The Labute approximate surface area is 104 Å². The lowest BCUT2D eigenvalue weighted by atomic mass is 10.2. The summed E-state index contributed by atoms with van der Waals surface area (Å²) in [5.74, 6) is 0.568. The Bertz CT molecular complexity index is 351. The number of aliphatic hydroxyl groups is 1. The molecule has 1 aromatic rings. The third-order valence-corrected chi connectivity index (χ3v) is 2.17. The van der Waals surface area contributed by atoms with Crippen molar-refractivity contribution in [3.8, 4) is 5.75 Å². The van der Waals surface area contributed by atoms with Gasteiger partial charge >= 0.3 is 6.18 Å². The highest BCUT2D eigenvalue weighted by molar-refractivity contribution is 5.46. The van der Waals surface area contributed by atoms with E-state index in [-0.39, 0.29) is 13.2 Å². The molecular formula is C12H16F3NO2. The summed E-state index contributed by atoms with van der Waals surface area (Å²) in [5.41, 5.74) is 0.600. The van der Waals surface area contributed by atoms with E-state index in [4.69, 9.17) is 9.84 Å². The van der Waals surface area contributed by atoms with E-state index in [1.165, 1.54) is 6.92 Å². The maximum Gasteiger partial charge on any atom is 0.391 e. The molecule has 0 fully saturated rings. The average molecular weight is 263 g/mol. The molecule has 2 N–H and O–H groups in total. The minimum atomic E-state index is -4.17. The molecule has 1 atom stereocenters. The summed E-state index contributed by atoms with van der Waals surface area (Å²) in [6, 6.07) is 5.87. The van der Waals surface area contributed by atoms with E-state index in [1.54, 1.807) is 24.3 Å². The molecule has 0 aliphatic rings. The highest BCUT2D eigenvalue weighted by atomic mass is 19.4. The van der Waals surface area contributed by atoms with Crippen molar-refractivity contribution in [2.24, 2.45) is 0 Å². The molecule has 0 aliphatic heterocycles. The molecule has 0 amide bonds. The molecule has 102 valence electrons. The van der Waals surface area contributed by atoms with Crippen molar-refractivity contribution >= 4 is 5.69 Å². The second kappa shape index (κ2) is 6.49. The molecule has 0 radical (unpaired) electrons. The normalized spacial score (nSPS) is 13.2. The number of anilines is 1. The number of ether oxygens (including phenoxy) is 1. The summed E-state index contributed by atoms with van der Waals surface area (Å²) >= 11 is 0. The summed E-state index contributed by atoms with van der Waals surface area (Å²) in [6.07, 6.45) is -5.05. The fraction of sp³-hybridized carbons (Fsp3) is 0.500. The van der Waals surface area contributed by atoms with Gasteiger partial charge < -0.3 is 15.2 Å². The van der Waals surface area contributed by atoms with Gasteiger partial charge in [0.05, 0.1) is 13.0 Å². The first kappa shape index (κ1) is 14.6. The van der Waals surface area contributed by atoms with Crippen LogP contribution in [0.5, 0.6) is 5.75 Å². The van der Waals surface area contributed by atoms with Gasteiger partial charge in [0, 0.05) is 11.7 Å². The van der Waals surface area contributed by atoms with Crippen LogP contribution >= 0.6 is 0 Å². The fourth-order valence-corrected chi connectivity index (χ4v) is 1.49. The first-order chi connectivity index (χ1) is 8.40. The summed E-state index contributed by atoms with van der Waals surface area (Å²) < 4.78 is 41.5. The van der Waals surface area contributed by atoms with Crippen LogP contribution in [0.4, 0.5) is 18.9 Å². The molecule has 1 unspecified atom stereocenters. The summed E-state index contributed by atoms with van der Waals surface area (Å²) in [6.45, 7) is 1.59. The zero-order valence-electron chi connectivity index (χ0n) is 10.00. The molecule has 0 bridgehead atoms. The van der Waals surface area contributed by atoms with E-state index in [2.05, 4.69) is 5.32 Å². The number of aliphatic hydroxyl groups excluding tert-OH is 1. The van der Waals surface area contributed by atoms with Crippen LogP contribution in [-0.2, 0) is 0 Å². The Kier molecular flexibility index (Phi) is 5.27. The lowest BCUT2D eigenvalue weighted by Gasteiger charge is -2.17. The van der Waals surface area contributed by atoms with Gasteiger partial charge in [-0.2, -0.15) is 13.2 Å². The fourth-order valence-electron chi connectivity index (χ4n) is 1.49. The smallest absolute Gasteiger partial charge is 0.391 e. The average Bonchev–Trinajstić information content (AvgIpc) is 2.25. The number of nitrogens with one attached hydrogen (secondary N) is 1. The van der Waals surface area contributed by atoms with Crippen molar-refractivity contribution in [2.75, 3.05) is 18.5 Å². The van der Waals surface area contributed by atoms with Crippen LogP contribution in [0, 0.1) is 0 Å². The molecule has 0 aliphatic carbocycles. The minimum Gasteiger partial charge on any atom is -0.491 e. The molecule has 1 rings (SSSR count). The summed E-state index contributed by atoms with van der Waals surface area (Å²) in [5, 5.41) is 11.3. The number of hydrogen-bond acceptors (Lipinski definition) is 3. The van der Waals surface area contributed by atoms with E-state index in [0.717, 1.165) is 0 Å². The first-order valence-corrected chi connectivity index (χ1v) is 5.58. The van der Waals surface area contributed by atoms with Crippen LogP contribution in [0.3, 0.4) is 0 Å². The molecule has 3 nitrogen and oxygen atoms in total. The molecule has 0 aromatic heterocycles. The SMILES string of the molecule is CC(CC(F)(F)F)Nc1ccc(OCCO)cc1. The van der Waals surface area contributed by atoms with Crippen LogP contribution < -0.4 is 10.1 Å². The topological polar surface area (TPSA) is 41.5 Å². The van der Waals surface area contributed by atoms with Crippen molar-refractivity contribution in [1.29, 1.82) is 0 Å². The zero-order chi connectivity index (χ0) is 13.6. The van der Waals surface area contributed by atoms with E-state index < -0.39 is 18.6 Å². The minimum absolute atomic E-state index is 0.0807. The van der Waals surface area contributed by atoms with Crippen molar-refractivity contribution < 1.29 is 23.0 Å². The van der Waals surface area contributed by atoms with E-state index in [0.29, 0.717) is 11.4 Å². The number of halogens is 3. The third-order valence-electron chi connectivity index (χ3n) is 2.17. The number of rotatable bonds is 6. The molecule has 0 spiro atoms. The molecule has 18 heavy (non-hydrogen) atoms. The summed E-state index contributed by atoms with van der Waals surface area (Å²) in [4.78, 5) is 0. The van der Waals surface area contributed by atoms with Gasteiger partial charge in [-0.25, -0.2) is 0 Å². The second-order valence-corrected chi connectivity index (χ2v) is 3.96. The van der Waals surface area contributed by atoms with E-state index in [1.807, 2.05) is 0 Å². The molecule has 1 aromatic carbocycles. The van der Waals surface area contributed by atoms with Crippen LogP contribution in [-0.4, -0.2) is 30.5 Å². The van der Waals surface area contributed by atoms with E-state index in [9.17, 15) is 13.2 Å². The van der Waals surface area contributed by atoms with Crippen molar-refractivity contribution in [1.82, 2.24) is 0 Å². The number of benzene rings is 1. The number of hydrogen-bond donors (Lipinski definition) is 2. The third kappa shape index (κ3) is 5.77. The maximum absolute atomic E-state index is 12.1. The van der Waals surface area contributed by atoms with Gasteiger partial charge in [-0.3, -0.25) is 0 Å². The van der Waals surface area contributed by atoms with Crippen molar-refractivity contribution in [3.63, 3.8) is 0 Å². The van der Waals surface area contributed by atoms with Crippen LogP contribution in [0.1, 0.15) is 13.3 Å². The van der Waals surface area contributed by atoms with Gasteiger partial charge in [-0.15, -0.1) is 0 Å². The lowest BCUT2D eigenvalue weighted by Crippen LogP contribution is -2.23. The highest BCUT2D eigenvalue weighted by Gasteiger charge is 2.29. The van der Waals surface area contributed by atoms with Gasteiger partial charge in [0.2, 0.25) is 0 Å². The van der Waals surface area contributed by atoms with Crippen LogP contribution in [0.15, 0.2) is 24.3 Å². The Morgan fingerprint density at radius 2 is 1.89 bits per heavy atom. The Morgan fingerprint density at radius 1 is 1.28 bits per heavy atom. The zero-order valence-corrected chi connectivity index (χ0v) is 10.00. The lowest BCUT2D eigenvalue weighted by molar-refractivity contribution is -0.136. The molecule has 0 saturated carbocycles. The first-order valence-electron chi connectivity index (χ1n) is 5.58. The molecule has 0 saturated heterocycles. The van der Waals surface area contributed by atoms with Crippen molar-refractivity contribution in [3.05, 3.63) is 24.3 Å². The highest BCUT2D eigenvalue weighted by Crippen LogP contribution is 2.24. The van der Waals surface area contributed by atoms with Crippen LogP contribution in [0.25, 0.3) is 0 Å². The van der Waals surface area contributed by atoms with Crippen LogP contribution in [0.2, 0.25) is 0 Å². The molecule has 6 heteroatoms. The van der Waals surface area contributed by atoms with Gasteiger partial charge in [0.1, 0.15) is 12.4 Å². The van der Waals surface area contributed by atoms with Gasteiger partial charge in [-0.05, 0) is 31.2 Å². The number of alkyl halides is 3. The molecule has 0 heterocycles. The van der Waals surface area contributed by atoms with Gasteiger partial charge in [0.25, 0.3) is 0 Å². The molecular weight excluding hydrogens is 247 g/mol. The quantitative estimate of drug-likeness (QED) is 0.829. The van der Waals surface area contributed by atoms with E-state index >= 15 is 0 Å². The Hall–Kier alpha value is -1.43. The van der Waals surface area contributed by atoms with Crippen molar-refractivity contribution in [2.45, 2.75) is 25.6 Å². The predicted octanol–water partition coefficient (Wildman–Crippen LogP) is 2.81. The Morgan fingerprint density at radius 3 is 2.39 bits per heavy atom. The summed E-state index contributed by atoms with van der Waals surface area (Å²) in [7, 11) is 0. The maximum atomic E-state index is 12.1. The largest absolute Gasteiger partial charge is 0.491 e.